The number of allylic oxidation sites excluding steroid dienone is 6. The fraction of sp³-hybridized carbons (Fsp3) is 0.619. The molecule has 0 heterocycles. The summed E-state index contributed by atoms with van der Waals surface area (Å²) in [7, 11) is 0. The highest BCUT2D eigenvalue weighted by Gasteiger charge is 2.17. The van der Waals surface area contributed by atoms with E-state index in [-0.39, 0.29) is 6.42 Å². The first-order valence-electron chi connectivity index (χ1n) is 9.71. The Morgan fingerprint density at radius 2 is 1.50 bits per heavy atom. The van der Waals surface area contributed by atoms with Crippen LogP contribution >= 0.6 is 0 Å². The van der Waals surface area contributed by atoms with Crippen LogP contribution in [0.1, 0.15) is 71.1 Å². The van der Waals surface area contributed by atoms with Crippen molar-refractivity contribution in [2.24, 2.45) is 5.73 Å². The van der Waals surface area contributed by atoms with Crippen LogP contribution in [0.2, 0.25) is 0 Å². The first-order chi connectivity index (χ1) is 12.6. The second-order valence-corrected chi connectivity index (χ2v) is 6.27. The molecule has 5 heteroatoms. The van der Waals surface area contributed by atoms with E-state index in [9.17, 15) is 9.59 Å². The molecule has 0 aliphatic rings. The molecule has 0 bridgehead atoms. The maximum absolute atomic E-state index is 11.4. The van der Waals surface area contributed by atoms with Crippen molar-refractivity contribution in [2.45, 2.75) is 77.2 Å². The highest BCUT2D eigenvalue weighted by atomic mass is 16.6. The number of unbranched alkanes of at least 4 members (excludes halogenated alkanes) is 7. The van der Waals surface area contributed by atoms with Crippen LogP contribution in [0.3, 0.4) is 0 Å². The molecule has 0 aromatic carbocycles. The number of aliphatic hydroxyl groups excluding tert-OH is 1. The summed E-state index contributed by atoms with van der Waals surface area (Å²) in [5.41, 5.74) is 5.26. The third kappa shape index (κ3) is 15.8. The maximum atomic E-state index is 11.4. The van der Waals surface area contributed by atoms with Gasteiger partial charge in [-0.05, 0) is 25.7 Å². The summed E-state index contributed by atoms with van der Waals surface area (Å²) in [5, 5.41) is 8.69. The van der Waals surface area contributed by atoms with Gasteiger partial charge in [0.25, 0.3) is 0 Å². The van der Waals surface area contributed by atoms with Crippen LogP contribution in [0.15, 0.2) is 36.5 Å². The monoisotopic (exact) mass is 365 g/mol. The Morgan fingerprint density at radius 3 is 2.12 bits per heavy atom. The van der Waals surface area contributed by atoms with Crippen LogP contribution in [0.5, 0.6) is 0 Å². The minimum Gasteiger partial charge on any atom is -0.394 e. The van der Waals surface area contributed by atoms with Crippen LogP contribution in [0.4, 0.5) is 0 Å². The van der Waals surface area contributed by atoms with E-state index in [1.54, 1.807) is 0 Å². The van der Waals surface area contributed by atoms with Gasteiger partial charge in [0.15, 0.2) is 0 Å². The van der Waals surface area contributed by atoms with E-state index in [4.69, 9.17) is 10.8 Å². The number of esters is 2. The predicted octanol–water partition coefficient (Wildman–Crippen LogP) is 3.97. The lowest BCUT2D eigenvalue weighted by atomic mass is 10.1. The molecule has 0 radical (unpaired) electrons. The molecule has 0 rings (SSSR count). The Kier molecular flexibility index (Phi) is 16.9. The van der Waals surface area contributed by atoms with Gasteiger partial charge in [-0.15, -0.1) is 0 Å². The first kappa shape index (κ1) is 24.3. The van der Waals surface area contributed by atoms with Gasteiger partial charge < -0.3 is 15.6 Å². The molecule has 0 aromatic rings. The second kappa shape index (κ2) is 18.1. The zero-order valence-electron chi connectivity index (χ0n) is 16.1. The summed E-state index contributed by atoms with van der Waals surface area (Å²) in [6, 6.07) is -1.14. The molecule has 1 atom stereocenters. The molecule has 0 saturated heterocycles. The van der Waals surface area contributed by atoms with Crippen molar-refractivity contribution in [3.8, 4) is 0 Å². The number of ether oxygens (including phenoxy) is 1. The van der Waals surface area contributed by atoms with Crippen molar-refractivity contribution in [2.75, 3.05) is 6.61 Å². The molecule has 148 valence electrons. The first-order valence-corrected chi connectivity index (χ1v) is 9.71. The molecule has 5 nitrogen and oxygen atoms in total. The molecular formula is C21H35NO4. The molecule has 0 amide bonds. The lowest BCUT2D eigenvalue weighted by Gasteiger charge is -2.07. The van der Waals surface area contributed by atoms with Gasteiger partial charge in [-0.2, -0.15) is 0 Å². The van der Waals surface area contributed by atoms with Crippen molar-refractivity contribution in [1.82, 2.24) is 0 Å². The molecule has 0 aromatic heterocycles. The Hall–Kier alpha value is -1.72. The van der Waals surface area contributed by atoms with Crippen LogP contribution < -0.4 is 5.73 Å². The highest BCUT2D eigenvalue weighted by molar-refractivity contribution is 5.88. The third-order valence-corrected chi connectivity index (χ3v) is 3.80. The Morgan fingerprint density at radius 1 is 0.923 bits per heavy atom. The minimum atomic E-state index is -1.14. The average molecular weight is 366 g/mol. The van der Waals surface area contributed by atoms with Crippen LogP contribution in [-0.2, 0) is 14.3 Å². The van der Waals surface area contributed by atoms with Crippen molar-refractivity contribution < 1.29 is 19.4 Å². The Balaban J connectivity index is 3.49. The van der Waals surface area contributed by atoms with E-state index >= 15 is 0 Å². The molecule has 0 aliphatic heterocycles. The van der Waals surface area contributed by atoms with E-state index < -0.39 is 24.6 Å². The van der Waals surface area contributed by atoms with Crippen LogP contribution in [0, 0.1) is 0 Å². The number of nitrogens with two attached hydrogens (primary N) is 1. The Labute approximate surface area is 158 Å². The van der Waals surface area contributed by atoms with Gasteiger partial charge in [-0.3, -0.25) is 4.79 Å². The molecule has 26 heavy (non-hydrogen) atoms. The summed E-state index contributed by atoms with van der Waals surface area (Å²) in [6.45, 7) is 1.67. The zero-order chi connectivity index (χ0) is 19.5. The van der Waals surface area contributed by atoms with E-state index in [2.05, 4.69) is 48.1 Å². The van der Waals surface area contributed by atoms with Gasteiger partial charge in [0.1, 0.15) is 6.04 Å². The smallest absolute Gasteiger partial charge is 0.332 e. The number of aliphatic hydroxyl groups is 1. The molecular weight excluding hydrogens is 330 g/mol. The molecule has 0 aliphatic carbocycles. The normalized spacial score (nSPS) is 13.0. The molecule has 3 N–H and O–H groups in total. The summed E-state index contributed by atoms with van der Waals surface area (Å²) in [6.07, 6.45) is 22.5. The largest absolute Gasteiger partial charge is 0.394 e. The van der Waals surface area contributed by atoms with E-state index in [0.29, 0.717) is 6.42 Å². The van der Waals surface area contributed by atoms with E-state index in [1.807, 2.05) is 0 Å². The zero-order valence-corrected chi connectivity index (χ0v) is 16.1. The summed E-state index contributed by atoms with van der Waals surface area (Å²) < 4.78 is 4.54. The van der Waals surface area contributed by atoms with Crippen molar-refractivity contribution in [1.29, 1.82) is 0 Å². The summed E-state index contributed by atoms with van der Waals surface area (Å²) >= 11 is 0. The van der Waals surface area contributed by atoms with Gasteiger partial charge in [0.05, 0.1) is 6.61 Å². The van der Waals surface area contributed by atoms with Gasteiger partial charge in [-0.1, -0.05) is 75.5 Å². The van der Waals surface area contributed by atoms with Crippen molar-refractivity contribution >= 4 is 11.9 Å². The standard InChI is InChI=1S/C21H35NO4/c1-2-3-4-5-6-7-8-9-10-11-12-13-14-15-16-17-20(24)26-21(25)19(22)18-23/h5-10,19,23H,2-4,11-18,22H2,1H3/t19-/m0/s1. The highest BCUT2D eigenvalue weighted by Crippen LogP contribution is 2.08. The SMILES string of the molecule is CCCCC=CC=CC=CCCCCCCCC(=O)OC(=O)[C@@H](N)CO. The third-order valence-electron chi connectivity index (χ3n) is 3.80. The fourth-order valence-electron chi connectivity index (χ4n) is 2.18. The minimum absolute atomic E-state index is 0.209. The molecule has 0 unspecified atom stereocenters. The lowest BCUT2D eigenvalue weighted by Crippen LogP contribution is -2.36. The van der Waals surface area contributed by atoms with Gasteiger partial charge >= 0.3 is 11.9 Å². The van der Waals surface area contributed by atoms with Crippen LogP contribution in [-0.4, -0.2) is 29.7 Å². The lowest BCUT2D eigenvalue weighted by molar-refractivity contribution is -0.161. The number of hydrogen-bond donors (Lipinski definition) is 2. The Bertz CT molecular complexity index is 455. The van der Waals surface area contributed by atoms with Crippen molar-refractivity contribution in [3.63, 3.8) is 0 Å². The molecule has 0 fully saturated rings. The maximum Gasteiger partial charge on any atom is 0.332 e. The van der Waals surface area contributed by atoms with Gasteiger partial charge in [0.2, 0.25) is 0 Å². The van der Waals surface area contributed by atoms with Crippen molar-refractivity contribution in [3.05, 3.63) is 36.5 Å². The van der Waals surface area contributed by atoms with Gasteiger partial charge in [-0.25, -0.2) is 4.79 Å². The topological polar surface area (TPSA) is 89.6 Å². The predicted molar refractivity (Wildman–Crippen MR) is 105 cm³/mol. The summed E-state index contributed by atoms with van der Waals surface area (Å²) in [4.78, 5) is 22.6. The number of carbonyl (C=O) groups excluding carboxylic acids is 2. The molecule has 0 spiro atoms. The second-order valence-electron chi connectivity index (χ2n) is 6.27. The van der Waals surface area contributed by atoms with E-state index in [1.165, 1.54) is 12.8 Å². The summed E-state index contributed by atoms with van der Waals surface area (Å²) in [5.74, 6) is -1.44. The van der Waals surface area contributed by atoms with E-state index in [0.717, 1.165) is 38.5 Å². The van der Waals surface area contributed by atoms with Gasteiger partial charge in [0, 0.05) is 6.42 Å². The number of carbonyl (C=O) groups is 2. The van der Waals surface area contributed by atoms with Crippen LogP contribution in [0.25, 0.3) is 0 Å². The number of rotatable bonds is 15. The number of hydrogen-bond acceptors (Lipinski definition) is 5. The quantitative estimate of drug-likeness (QED) is 0.198. The molecule has 0 saturated carbocycles. The fourth-order valence-corrected chi connectivity index (χ4v) is 2.18. The average Bonchev–Trinajstić information content (AvgIpc) is 2.64.